The first-order chi connectivity index (χ1) is 11.2. The average molecular weight is 352 g/mol. The summed E-state index contributed by atoms with van der Waals surface area (Å²) in [7, 11) is -3.67. The van der Waals surface area contributed by atoms with Crippen LogP contribution in [0.25, 0.3) is 5.69 Å². The number of ether oxygens (including phenoxy) is 1. The highest BCUT2D eigenvalue weighted by molar-refractivity contribution is 7.85. The van der Waals surface area contributed by atoms with Crippen molar-refractivity contribution in [3.8, 4) is 11.4 Å². The van der Waals surface area contributed by atoms with Gasteiger partial charge in [0.25, 0.3) is 16.0 Å². The Balaban J connectivity index is 0.000000368. The van der Waals surface area contributed by atoms with E-state index in [0.29, 0.717) is 24.2 Å². The second kappa shape index (κ2) is 6.72. The van der Waals surface area contributed by atoms with Crippen molar-refractivity contribution in [1.82, 2.24) is 4.57 Å². The Bertz CT molecular complexity index is 890. The Hall–Kier alpha value is -2.85. The van der Waals surface area contributed by atoms with Crippen LogP contribution in [0.3, 0.4) is 0 Å². The fourth-order valence-electron chi connectivity index (χ4n) is 2.13. The largest absolute Gasteiger partial charge is 0.484 e. The Labute approximate surface area is 138 Å². The van der Waals surface area contributed by atoms with Gasteiger partial charge >= 0.3 is 0 Å². The maximum Gasteiger partial charge on any atom is 0.284 e. The predicted octanol–water partition coefficient (Wildman–Crippen LogP) is 0.287. The molecule has 0 saturated heterocycles. The first kappa shape index (κ1) is 17.5. The van der Waals surface area contributed by atoms with Gasteiger partial charge in [-0.1, -0.05) is 6.07 Å². The number of aliphatic imine (C=N–C) groups is 1. The van der Waals surface area contributed by atoms with Gasteiger partial charge in [-0.3, -0.25) is 9.35 Å². The number of carbonyl (C=O) groups excluding carboxylic acids is 1. The summed E-state index contributed by atoms with van der Waals surface area (Å²) >= 11 is 0. The van der Waals surface area contributed by atoms with Gasteiger partial charge in [-0.15, -0.1) is 0 Å². The van der Waals surface area contributed by atoms with E-state index < -0.39 is 16.0 Å². The first-order valence-corrected chi connectivity index (χ1v) is 8.50. The summed E-state index contributed by atoms with van der Waals surface area (Å²) in [5, 5.41) is 0. The summed E-state index contributed by atoms with van der Waals surface area (Å²) in [6, 6.07) is 9.19. The fraction of sp³-hybridized carbons (Fsp3) is 0.143. The average Bonchev–Trinajstić information content (AvgIpc) is 2.92. The Morgan fingerprint density at radius 3 is 2.58 bits per heavy atom. The molecule has 9 nitrogen and oxygen atoms in total. The lowest BCUT2D eigenvalue weighted by Crippen LogP contribution is -2.24. The molecule has 1 amide bonds. The molecule has 0 radical (unpaired) electrons. The van der Waals surface area contributed by atoms with E-state index in [1.165, 1.54) is 0 Å². The van der Waals surface area contributed by atoms with Crippen molar-refractivity contribution in [2.45, 2.75) is 6.61 Å². The molecule has 2 aromatic rings. The summed E-state index contributed by atoms with van der Waals surface area (Å²) in [5.41, 5.74) is 12.6. The highest BCUT2D eigenvalue weighted by Crippen LogP contribution is 2.33. The molecule has 128 valence electrons. The van der Waals surface area contributed by atoms with Crippen LogP contribution in [-0.4, -0.2) is 35.7 Å². The minimum absolute atomic E-state index is 0.264. The van der Waals surface area contributed by atoms with Crippen LogP contribution < -0.4 is 16.2 Å². The second-order valence-electron chi connectivity index (χ2n) is 4.89. The van der Waals surface area contributed by atoms with Crippen molar-refractivity contribution < 1.29 is 22.5 Å². The van der Waals surface area contributed by atoms with E-state index in [9.17, 15) is 13.2 Å². The number of hydrogen-bond donors (Lipinski definition) is 3. The maximum atomic E-state index is 11.9. The highest BCUT2D eigenvalue weighted by Gasteiger charge is 2.22. The normalized spacial score (nSPS) is 11.9. The highest BCUT2D eigenvalue weighted by atomic mass is 32.2. The molecule has 0 saturated carbocycles. The summed E-state index contributed by atoms with van der Waals surface area (Å²) in [4.78, 5) is 15.5. The van der Waals surface area contributed by atoms with Gasteiger partial charge in [0.05, 0.1) is 23.2 Å². The fourth-order valence-corrected chi connectivity index (χ4v) is 2.13. The third-order valence-corrected chi connectivity index (χ3v) is 2.91. The van der Waals surface area contributed by atoms with Crippen LogP contribution >= 0.6 is 0 Å². The lowest BCUT2D eigenvalue weighted by atomic mass is 10.1. The first-order valence-electron chi connectivity index (χ1n) is 6.65. The van der Waals surface area contributed by atoms with Gasteiger partial charge in [-0.05, 0) is 24.3 Å². The monoisotopic (exact) mass is 352 g/mol. The number of fused-ring (bicyclic) bond motifs is 3. The van der Waals surface area contributed by atoms with Gasteiger partial charge in [-0.2, -0.15) is 13.4 Å². The van der Waals surface area contributed by atoms with E-state index in [0.717, 1.165) is 11.4 Å². The van der Waals surface area contributed by atoms with Crippen LogP contribution in [0, 0.1) is 0 Å². The lowest BCUT2D eigenvalue weighted by molar-refractivity contribution is 0.0997. The number of benzene rings is 1. The molecule has 1 aromatic heterocycles. The zero-order valence-corrected chi connectivity index (χ0v) is 13.5. The molecule has 1 aliphatic rings. The molecule has 0 aliphatic carbocycles. The van der Waals surface area contributed by atoms with Gasteiger partial charge in [0.15, 0.2) is 11.7 Å². The molecule has 0 atom stereocenters. The number of nitrogens with two attached hydrogens (primary N) is 2. The quantitative estimate of drug-likeness (QED) is 0.379. The van der Waals surface area contributed by atoms with E-state index in [4.69, 9.17) is 20.8 Å². The summed E-state index contributed by atoms with van der Waals surface area (Å²) < 4.78 is 33.5. The van der Waals surface area contributed by atoms with Gasteiger partial charge in [-0.25, -0.2) is 0 Å². The van der Waals surface area contributed by atoms with Crippen LogP contribution in [0.2, 0.25) is 0 Å². The van der Waals surface area contributed by atoms with E-state index in [1.54, 1.807) is 12.1 Å². The predicted molar refractivity (Wildman–Crippen MR) is 87.7 cm³/mol. The Kier molecular flexibility index (Phi) is 4.90. The molecule has 0 fully saturated rings. The van der Waals surface area contributed by atoms with Crippen molar-refractivity contribution in [3.63, 3.8) is 0 Å². The van der Waals surface area contributed by atoms with Gasteiger partial charge < -0.3 is 20.8 Å². The smallest absolute Gasteiger partial charge is 0.284 e. The van der Waals surface area contributed by atoms with E-state index in [-0.39, 0.29) is 5.96 Å². The Morgan fingerprint density at radius 1 is 1.29 bits per heavy atom. The van der Waals surface area contributed by atoms with Crippen molar-refractivity contribution in [3.05, 3.63) is 47.8 Å². The van der Waals surface area contributed by atoms with Crippen LogP contribution in [-0.2, 0) is 16.7 Å². The van der Waals surface area contributed by atoms with Crippen molar-refractivity contribution >= 4 is 22.0 Å². The number of hydrogen-bond acceptors (Lipinski definition) is 4. The third-order valence-electron chi connectivity index (χ3n) is 2.91. The van der Waals surface area contributed by atoms with E-state index in [1.807, 2.05) is 29.0 Å². The second-order valence-corrected chi connectivity index (χ2v) is 6.35. The molecule has 5 N–H and O–H groups in total. The number of rotatable bonds is 1. The standard InChI is InChI=1S/C13H12N4O2.CH4O3S/c14-13(15)16-12(18)9-4-1-5-10-11(9)19-7-8-3-2-6-17(8)10;1-5(2,3)4/h1-6H,7H2,(H4,14,15,16,18);1H3,(H,2,3,4). The number of amides is 1. The SMILES string of the molecule is CS(=O)(=O)O.NC(N)=NC(=O)c1cccc2c1OCc1cccn1-2. The van der Waals surface area contributed by atoms with Gasteiger partial charge in [0.2, 0.25) is 0 Å². The molecule has 2 heterocycles. The van der Waals surface area contributed by atoms with Crippen molar-refractivity contribution in [1.29, 1.82) is 0 Å². The molecule has 0 unspecified atom stereocenters. The molecule has 1 aliphatic heterocycles. The number of carbonyl (C=O) groups is 1. The minimum atomic E-state index is -3.67. The molecule has 3 rings (SSSR count). The molecular formula is C14H16N4O5S. The summed E-state index contributed by atoms with van der Waals surface area (Å²) in [5.74, 6) is -0.270. The summed E-state index contributed by atoms with van der Waals surface area (Å²) in [6.45, 7) is 0.409. The minimum Gasteiger partial charge on any atom is -0.484 e. The van der Waals surface area contributed by atoms with Crippen LogP contribution in [0.1, 0.15) is 16.1 Å². The van der Waals surface area contributed by atoms with Crippen LogP contribution in [0.15, 0.2) is 41.5 Å². The van der Waals surface area contributed by atoms with E-state index >= 15 is 0 Å². The van der Waals surface area contributed by atoms with Crippen LogP contribution in [0.4, 0.5) is 0 Å². The molecular weight excluding hydrogens is 336 g/mol. The lowest BCUT2D eigenvalue weighted by Gasteiger charge is -2.22. The zero-order chi connectivity index (χ0) is 17.9. The van der Waals surface area contributed by atoms with Crippen LogP contribution in [0.5, 0.6) is 5.75 Å². The number of guanidine groups is 1. The van der Waals surface area contributed by atoms with Crippen molar-refractivity contribution in [2.24, 2.45) is 16.5 Å². The van der Waals surface area contributed by atoms with Gasteiger partial charge in [0, 0.05) is 6.20 Å². The molecule has 10 heteroatoms. The van der Waals surface area contributed by atoms with Gasteiger partial charge in [0.1, 0.15) is 6.61 Å². The molecule has 1 aromatic carbocycles. The van der Waals surface area contributed by atoms with E-state index in [2.05, 4.69) is 4.99 Å². The summed E-state index contributed by atoms with van der Waals surface area (Å²) in [6.07, 6.45) is 2.64. The number of aromatic nitrogens is 1. The topological polar surface area (TPSA) is 150 Å². The van der Waals surface area contributed by atoms with Crippen molar-refractivity contribution in [2.75, 3.05) is 6.26 Å². The molecule has 0 spiro atoms. The zero-order valence-electron chi connectivity index (χ0n) is 12.7. The molecule has 0 bridgehead atoms. The molecule has 24 heavy (non-hydrogen) atoms. The maximum absolute atomic E-state index is 11.9. The number of para-hydroxylation sites is 1. The Morgan fingerprint density at radius 2 is 1.96 bits per heavy atom. The third kappa shape index (κ3) is 4.33. The number of nitrogens with zero attached hydrogens (tertiary/aromatic N) is 2.